The number of nitrogens with one attached hydrogen (secondary N) is 1. The van der Waals surface area contributed by atoms with Gasteiger partial charge in [0, 0.05) is 26.5 Å². The van der Waals surface area contributed by atoms with Gasteiger partial charge in [-0.25, -0.2) is 9.67 Å². The van der Waals surface area contributed by atoms with Crippen molar-refractivity contribution in [3.05, 3.63) is 16.0 Å². The van der Waals surface area contributed by atoms with Gasteiger partial charge in [-0.1, -0.05) is 12.8 Å². The number of esters is 2. The second-order valence-electron chi connectivity index (χ2n) is 7.68. The fraction of sp³-hybridized carbons (Fsp3) is 0.545. The number of aliphatic hydroxyl groups excluding tert-OH is 1. The molecule has 12 heteroatoms. The van der Waals surface area contributed by atoms with Crippen LogP contribution in [0.3, 0.4) is 0 Å². The van der Waals surface area contributed by atoms with Crippen molar-refractivity contribution in [3.8, 4) is 11.8 Å². The number of hydrogen-bond acceptors (Lipinski definition) is 10. The number of aromatic nitrogens is 4. The molecule has 0 amide bonds. The van der Waals surface area contributed by atoms with E-state index in [1.165, 1.54) is 24.7 Å². The molecular weight excluding hydrogens is 446 g/mol. The standard InChI is InChI=1S/C22H27N5O7/c1-5-17-16(30)9-18(34-17)27-20-19(21(31)25-22(24-20)23-6-2)15(26-27)8-7-14(10-32-12(3)28)11-33-13(4)29/h6,14,16-18,30H,5,9-11H2,1-4H3,(H,24,25,31)/t16-,17-,18-/m1/s1. The van der Waals surface area contributed by atoms with Crippen LogP contribution in [0.5, 0.6) is 0 Å². The third-order valence-electron chi connectivity index (χ3n) is 5.05. The van der Waals surface area contributed by atoms with Crippen molar-refractivity contribution < 1.29 is 28.9 Å². The van der Waals surface area contributed by atoms with Gasteiger partial charge in [0.1, 0.15) is 18.6 Å². The van der Waals surface area contributed by atoms with Gasteiger partial charge in [-0.15, -0.1) is 0 Å². The van der Waals surface area contributed by atoms with Crippen LogP contribution in [-0.4, -0.2) is 68.4 Å². The van der Waals surface area contributed by atoms with Crippen molar-refractivity contribution in [2.45, 2.75) is 59.0 Å². The molecule has 1 fully saturated rings. The van der Waals surface area contributed by atoms with Crippen molar-refractivity contribution in [2.24, 2.45) is 10.9 Å². The maximum Gasteiger partial charge on any atom is 0.302 e. The van der Waals surface area contributed by atoms with Gasteiger partial charge in [0.05, 0.1) is 18.1 Å². The molecule has 1 aliphatic heterocycles. The fourth-order valence-electron chi connectivity index (χ4n) is 3.48. The molecule has 2 aromatic rings. The summed E-state index contributed by atoms with van der Waals surface area (Å²) in [4.78, 5) is 46.3. The molecule has 3 heterocycles. The highest BCUT2D eigenvalue weighted by Crippen LogP contribution is 2.32. The number of fused-ring (bicyclic) bond motifs is 1. The van der Waals surface area contributed by atoms with E-state index in [1.807, 2.05) is 6.92 Å². The Morgan fingerprint density at radius 1 is 1.35 bits per heavy atom. The molecule has 3 rings (SSSR count). The normalized spacial score (nSPS) is 20.0. The van der Waals surface area contributed by atoms with Crippen molar-refractivity contribution in [1.29, 1.82) is 0 Å². The molecule has 2 N–H and O–H groups in total. The lowest BCUT2D eigenvalue weighted by Gasteiger charge is -2.13. The van der Waals surface area contributed by atoms with E-state index in [1.54, 1.807) is 6.92 Å². The van der Waals surface area contributed by atoms with Crippen molar-refractivity contribution in [3.63, 3.8) is 0 Å². The average Bonchev–Trinajstić information content (AvgIpc) is 3.33. The van der Waals surface area contributed by atoms with E-state index in [-0.39, 0.29) is 48.4 Å². The molecule has 0 aliphatic carbocycles. The first-order valence-corrected chi connectivity index (χ1v) is 10.9. The van der Waals surface area contributed by atoms with Gasteiger partial charge in [-0.3, -0.25) is 19.4 Å². The quantitative estimate of drug-likeness (QED) is 0.340. The van der Waals surface area contributed by atoms with Crippen molar-refractivity contribution in [2.75, 3.05) is 13.2 Å². The van der Waals surface area contributed by atoms with Crippen molar-refractivity contribution in [1.82, 2.24) is 19.7 Å². The molecule has 2 aromatic heterocycles. The Morgan fingerprint density at radius 2 is 2.03 bits per heavy atom. The Bertz CT molecular complexity index is 1190. The predicted molar refractivity (Wildman–Crippen MR) is 120 cm³/mol. The highest BCUT2D eigenvalue weighted by atomic mass is 16.5. The smallest absolute Gasteiger partial charge is 0.302 e. The topological polar surface area (TPSA) is 158 Å². The molecule has 0 saturated carbocycles. The first-order chi connectivity index (χ1) is 16.2. The van der Waals surface area contributed by atoms with Crippen LogP contribution in [0.1, 0.15) is 52.5 Å². The van der Waals surface area contributed by atoms with Crippen LogP contribution in [-0.2, 0) is 23.8 Å². The Hall–Kier alpha value is -3.56. The van der Waals surface area contributed by atoms with E-state index in [9.17, 15) is 19.5 Å². The van der Waals surface area contributed by atoms with Gasteiger partial charge in [0.25, 0.3) is 5.56 Å². The van der Waals surface area contributed by atoms with E-state index < -0.39 is 35.7 Å². The van der Waals surface area contributed by atoms with E-state index in [2.05, 4.69) is 31.9 Å². The number of aliphatic hydroxyl groups is 1. The van der Waals surface area contributed by atoms with Crippen LogP contribution in [0.25, 0.3) is 11.0 Å². The zero-order valence-corrected chi connectivity index (χ0v) is 19.4. The second-order valence-corrected chi connectivity index (χ2v) is 7.68. The molecule has 1 saturated heterocycles. The zero-order chi connectivity index (χ0) is 24.8. The predicted octanol–water partition coefficient (Wildman–Crippen LogP) is 0.994. The lowest BCUT2D eigenvalue weighted by molar-refractivity contribution is -0.144. The SMILES string of the molecule is CC=Nc1nc2c(c(C#CC(COC(C)=O)COC(C)=O)nn2[C@H]2C[C@@H](O)[C@@H](CC)O2)c(=O)[nH]1. The summed E-state index contributed by atoms with van der Waals surface area (Å²) in [6.45, 7) is 5.90. The Labute approximate surface area is 195 Å². The highest BCUT2D eigenvalue weighted by molar-refractivity contribution is 5.81. The van der Waals surface area contributed by atoms with Crippen LogP contribution in [0.4, 0.5) is 5.95 Å². The molecule has 12 nitrogen and oxygen atoms in total. The minimum absolute atomic E-state index is 0.0915. The molecule has 0 bridgehead atoms. The number of ether oxygens (including phenoxy) is 3. The molecule has 1 aliphatic rings. The van der Waals surface area contributed by atoms with Gasteiger partial charge in [-0.2, -0.15) is 10.1 Å². The number of H-pyrrole nitrogens is 1. The minimum Gasteiger partial charge on any atom is -0.464 e. The van der Waals surface area contributed by atoms with Crippen LogP contribution in [0, 0.1) is 17.8 Å². The highest BCUT2D eigenvalue weighted by Gasteiger charge is 2.36. The summed E-state index contributed by atoms with van der Waals surface area (Å²) in [6, 6.07) is 0. The van der Waals surface area contributed by atoms with E-state index in [0.717, 1.165) is 0 Å². The number of aromatic amines is 1. The number of hydrogen-bond donors (Lipinski definition) is 2. The van der Waals surface area contributed by atoms with Gasteiger partial charge in [0.2, 0.25) is 5.95 Å². The number of rotatable bonds is 7. The van der Waals surface area contributed by atoms with Crippen LogP contribution in [0.2, 0.25) is 0 Å². The lowest BCUT2D eigenvalue weighted by Crippen LogP contribution is -2.19. The fourth-order valence-corrected chi connectivity index (χ4v) is 3.48. The third kappa shape index (κ3) is 5.86. The summed E-state index contributed by atoms with van der Waals surface area (Å²) in [5.41, 5.74) is -0.174. The molecule has 0 aromatic carbocycles. The summed E-state index contributed by atoms with van der Waals surface area (Å²) >= 11 is 0. The molecule has 34 heavy (non-hydrogen) atoms. The zero-order valence-electron chi connectivity index (χ0n) is 19.4. The molecule has 0 spiro atoms. The third-order valence-corrected chi connectivity index (χ3v) is 5.05. The molecule has 3 atom stereocenters. The van der Waals surface area contributed by atoms with E-state index in [0.29, 0.717) is 6.42 Å². The number of carbonyl (C=O) groups is 2. The maximum absolute atomic E-state index is 12.9. The van der Waals surface area contributed by atoms with Crippen LogP contribution < -0.4 is 5.56 Å². The molecule has 0 radical (unpaired) electrons. The minimum atomic E-state index is -0.684. The van der Waals surface area contributed by atoms with Gasteiger partial charge in [-0.05, 0) is 19.3 Å². The monoisotopic (exact) mass is 473 g/mol. The largest absolute Gasteiger partial charge is 0.464 e. The lowest BCUT2D eigenvalue weighted by atomic mass is 10.1. The molecular formula is C22H27N5O7. The van der Waals surface area contributed by atoms with Crippen molar-refractivity contribution >= 4 is 35.1 Å². The van der Waals surface area contributed by atoms with Crippen LogP contribution >= 0.6 is 0 Å². The first-order valence-electron chi connectivity index (χ1n) is 10.9. The summed E-state index contributed by atoms with van der Waals surface area (Å²) in [5.74, 6) is 4.13. The van der Waals surface area contributed by atoms with E-state index in [4.69, 9.17) is 14.2 Å². The Balaban J connectivity index is 2.06. The average molecular weight is 473 g/mol. The molecule has 0 unspecified atom stereocenters. The number of aliphatic imine (C=N–C) groups is 1. The maximum atomic E-state index is 12.9. The second kappa shape index (κ2) is 11.0. The van der Waals surface area contributed by atoms with Gasteiger partial charge in [0.15, 0.2) is 17.6 Å². The summed E-state index contributed by atoms with van der Waals surface area (Å²) in [7, 11) is 0. The summed E-state index contributed by atoms with van der Waals surface area (Å²) in [6.07, 6.45) is 0.662. The first kappa shape index (κ1) is 25.1. The summed E-state index contributed by atoms with van der Waals surface area (Å²) < 4.78 is 17.3. The summed E-state index contributed by atoms with van der Waals surface area (Å²) in [5, 5.41) is 14.9. The molecule has 182 valence electrons. The van der Waals surface area contributed by atoms with E-state index >= 15 is 0 Å². The Kier molecular flexibility index (Phi) is 8.14. The van der Waals surface area contributed by atoms with Gasteiger partial charge < -0.3 is 19.3 Å². The van der Waals surface area contributed by atoms with Gasteiger partial charge >= 0.3 is 11.9 Å². The Morgan fingerprint density at radius 3 is 2.59 bits per heavy atom. The number of nitrogens with zero attached hydrogens (tertiary/aromatic N) is 4. The van der Waals surface area contributed by atoms with Crippen LogP contribution in [0.15, 0.2) is 9.79 Å². The number of carbonyl (C=O) groups excluding carboxylic acids is 2.